The first-order valence-corrected chi connectivity index (χ1v) is 15.2. The highest BCUT2D eigenvalue weighted by Crippen LogP contribution is 2.57. The van der Waals surface area contributed by atoms with Crippen molar-refractivity contribution < 1.29 is 52.8 Å². The highest BCUT2D eigenvalue weighted by atomic mass is 31.2. The molecule has 2 unspecified atom stereocenters. The number of anilines is 1. The molecule has 0 spiro atoms. The zero-order chi connectivity index (χ0) is 30.6. The van der Waals surface area contributed by atoms with Crippen molar-refractivity contribution in [3.8, 4) is 0 Å². The van der Waals surface area contributed by atoms with Gasteiger partial charge in [-0.05, 0) is 0 Å². The number of nitrogens with two attached hydrogens (primary N) is 1. The third kappa shape index (κ3) is 5.34. The number of nitrogens with zero attached hydrogens (tertiary/aromatic N) is 7. The zero-order valence-electron chi connectivity index (χ0n) is 21.5. The maximum absolute atomic E-state index is 13.7. The van der Waals surface area contributed by atoms with Crippen molar-refractivity contribution in [1.82, 2.24) is 39.0 Å². The first kappa shape index (κ1) is 29.7. The van der Waals surface area contributed by atoms with E-state index in [0.29, 0.717) is 11.2 Å². The number of imidazole rings is 2. The van der Waals surface area contributed by atoms with Gasteiger partial charge in [0, 0.05) is 4.57 Å². The van der Waals surface area contributed by atoms with Crippen molar-refractivity contribution in [3.63, 3.8) is 0 Å². The minimum Gasteiger partial charge on any atom is -0.389 e. The van der Waals surface area contributed by atoms with Crippen LogP contribution in [0.5, 0.6) is 0 Å². The Balaban J connectivity index is 1.26. The summed E-state index contributed by atoms with van der Waals surface area (Å²) in [6.07, 6.45) is -5.35. The molecular formula is C20H24N9O12P2+. The molecule has 4 aromatic rings. The number of nitrogen functional groups attached to an aromatic ring is 1. The predicted molar refractivity (Wildman–Crippen MR) is 139 cm³/mol. The molecule has 0 amide bonds. The zero-order valence-corrected chi connectivity index (χ0v) is 23.3. The molecule has 230 valence electrons. The number of rotatable bonds is 9. The van der Waals surface area contributed by atoms with E-state index in [9.17, 15) is 34.1 Å². The lowest BCUT2D eigenvalue weighted by Gasteiger charge is -2.27. The fourth-order valence-corrected chi connectivity index (χ4v) is 6.97. The fraction of sp³-hybridized carbons (Fsp3) is 0.500. The van der Waals surface area contributed by atoms with Crippen LogP contribution in [0.1, 0.15) is 12.5 Å². The Labute approximate surface area is 239 Å². The van der Waals surface area contributed by atoms with Gasteiger partial charge in [0.1, 0.15) is 54.6 Å². The molecule has 6 heterocycles. The number of ether oxygens (including phenoxy) is 2. The van der Waals surface area contributed by atoms with Crippen LogP contribution in [-0.4, -0.2) is 114 Å². The molecule has 0 radical (unpaired) electrons. The lowest BCUT2D eigenvalue weighted by molar-refractivity contribution is -0.0494. The highest BCUT2D eigenvalue weighted by Gasteiger charge is 2.56. The molecule has 43 heavy (non-hydrogen) atoms. The van der Waals surface area contributed by atoms with Crippen molar-refractivity contribution in [1.29, 1.82) is 0 Å². The second kappa shape index (κ2) is 11.3. The van der Waals surface area contributed by atoms with Gasteiger partial charge >= 0.3 is 15.9 Å². The molecular weight excluding hydrogens is 620 g/mol. The minimum atomic E-state index is -4.97. The minimum absolute atomic E-state index is 0.157. The van der Waals surface area contributed by atoms with Crippen LogP contribution in [0.4, 0.5) is 5.95 Å². The van der Waals surface area contributed by atoms with Gasteiger partial charge in [0.2, 0.25) is 5.95 Å². The summed E-state index contributed by atoms with van der Waals surface area (Å²) in [4.78, 5) is 54.7. The number of aromatic amines is 1. The van der Waals surface area contributed by atoms with Gasteiger partial charge in [-0.3, -0.25) is 23.5 Å². The Morgan fingerprint density at radius 2 is 1.72 bits per heavy atom. The normalized spacial score (nSPS) is 31.1. The van der Waals surface area contributed by atoms with Gasteiger partial charge in [-0.2, -0.15) is 4.98 Å². The van der Waals surface area contributed by atoms with Crippen LogP contribution in [0.3, 0.4) is 0 Å². The maximum Gasteiger partial charge on any atom is 0.694 e. The Morgan fingerprint density at radius 1 is 1.02 bits per heavy atom. The van der Waals surface area contributed by atoms with E-state index in [-0.39, 0.29) is 17.1 Å². The molecule has 0 saturated carbocycles. The summed E-state index contributed by atoms with van der Waals surface area (Å²) in [6, 6.07) is 0. The number of aromatic nitrogens is 8. The smallest absolute Gasteiger partial charge is 0.389 e. The second-order valence-electron chi connectivity index (χ2n) is 9.64. The van der Waals surface area contributed by atoms with Crippen LogP contribution < -0.4 is 11.3 Å². The van der Waals surface area contributed by atoms with E-state index in [2.05, 4.69) is 34.4 Å². The van der Waals surface area contributed by atoms with Crippen molar-refractivity contribution in [2.45, 2.75) is 48.6 Å². The summed E-state index contributed by atoms with van der Waals surface area (Å²) in [5.74, 6) is -0.299. The van der Waals surface area contributed by atoms with Crippen molar-refractivity contribution in [3.05, 3.63) is 35.5 Å². The number of nitrogens with one attached hydrogen (secondary N) is 1. The molecule has 2 aliphatic heterocycles. The van der Waals surface area contributed by atoms with E-state index < -0.39 is 83.3 Å². The van der Waals surface area contributed by atoms with Crippen LogP contribution in [0.25, 0.3) is 22.3 Å². The molecule has 10 atom stereocenters. The summed E-state index contributed by atoms with van der Waals surface area (Å²) in [5, 5.41) is 32.3. The number of hydrogen-bond acceptors (Lipinski definition) is 16. The van der Waals surface area contributed by atoms with Crippen LogP contribution in [0, 0.1) is 0 Å². The second-order valence-corrected chi connectivity index (χ2v) is 12.4. The first-order chi connectivity index (χ1) is 20.5. The van der Waals surface area contributed by atoms with Gasteiger partial charge < -0.3 is 39.9 Å². The van der Waals surface area contributed by atoms with Crippen LogP contribution in [-0.2, 0) is 27.7 Å². The summed E-state index contributed by atoms with van der Waals surface area (Å²) < 4.78 is 48.7. The molecule has 2 fully saturated rings. The molecule has 4 aromatic heterocycles. The average Bonchev–Trinajstić information content (AvgIpc) is 3.71. The summed E-state index contributed by atoms with van der Waals surface area (Å²) in [5.41, 5.74) is 3.47. The van der Waals surface area contributed by atoms with E-state index in [0.717, 1.165) is 10.9 Å². The lowest BCUT2D eigenvalue weighted by atomic mass is 10.1. The molecule has 2 saturated heterocycles. The average molecular weight is 644 g/mol. The van der Waals surface area contributed by atoms with Crippen LogP contribution in [0.2, 0.25) is 0 Å². The predicted octanol–water partition coefficient (Wildman–Crippen LogP) is -2.34. The van der Waals surface area contributed by atoms with E-state index in [1.54, 1.807) is 0 Å². The van der Waals surface area contributed by atoms with Crippen LogP contribution >= 0.6 is 15.9 Å². The standard InChI is InChI=1S/C20H23N9O12P2/c21-20-26-16-10(17(33)27-20)25-6-29(16)19-14(12(31)8(41-19)2-38-42(34)35)43(36,37)39-3-9-11(30)13(32)18(40-9)28-5-24-7-1-22-4-23-15(7)28/h1,4-6,8-9,11-14,18-19,30-32H,2-3H2,(H4-,21,26,27,33,34,35,36,37)/p+1/t8-,9-,11-,12-,13-,14-,18-,19-/m1/s1. The maximum atomic E-state index is 13.7. The Hall–Kier alpha value is -3.33. The van der Waals surface area contributed by atoms with E-state index in [4.69, 9.17) is 24.6 Å². The lowest BCUT2D eigenvalue weighted by Crippen LogP contribution is -2.36. The summed E-state index contributed by atoms with van der Waals surface area (Å²) in [6.45, 7) is -1.40. The van der Waals surface area contributed by atoms with Gasteiger partial charge in [0.15, 0.2) is 29.3 Å². The van der Waals surface area contributed by atoms with Crippen molar-refractivity contribution in [2.75, 3.05) is 18.9 Å². The third-order valence-electron chi connectivity index (χ3n) is 7.06. The van der Waals surface area contributed by atoms with Gasteiger partial charge in [-0.25, -0.2) is 19.9 Å². The van der Waals surface area contributed by atoms with Crippen molar-refractivity contribution in [2.24, 2.45) is 0 Å². The summed E-state index contributed by atoms with van der Waals surface area (Å²) in [7, 11) is -8.08. The molecule has 2 aliphatic rings. The van der Waals surface area contributed by atoms with Gasteiger partial charge in [0.05, 0.1) is 25.5 Å². The molecule has 0 aliphatic carbocycles. The highest BCUT2D eigenvalue weighted by molar-refractivity contribution is 7.53. The quantitative estimate of drug-likeness (QED) is 0.0938. The van der Waals surface area contributed by atoms with Gasteiger partial charge in [-0.1, -0.05) is 0 Å². The number of H-pyrrole nitrogens is 1. The van der Waals surface area contributed by atoms with Crippen molar-refractivity contribution >= 4 is 44.1 Å². The van der Waals surface area contributed by atoms with E-state index in [1.165, 1.54) is 23.4 Å². The molecule has 0 aromatic carbocycles. The van der Waals surface area contributed by atoms with Gasteiger partial charge in [0.25, 0.3) is 5.56 Å². The van der Waals surface area contributed by atoms with Crippen LogP contribution in [0.15, 0.2) is 30.0 Å². The topological polar surface area (TPSA) is 305 Å². The third-order valence-corrected chi connectivity index (χ3v) is 9.26. The SMILES string of the molecule is Nc1nc2c(ncn2[C@@H]2O[C@H](CO[P+](=O)O)[C@@H](O)[C@H]2P(=O)(O)OC[C@H]2O[C@@H](n3cnc4cncnc43)[C@H](O)[C@@H]2O)c(=O)[nH]1. The molecule has 21 nitrogen and oxygen atoms in total. The molecule has 6 rings (SSSR count). The summed E-state index contributed by atoms with van der Waals surface area (Å²) >= 11 is 0. The Bertz CT molecular complexity index is 1780. The van der Waals surface area contributed by atoms with E-state index in [1.807, 2.05) is 0 Å². The Morgan fingerprint density at radius 3 is 2.49 bits per heavy atom. The first-order valence-electron chi connectivity index (χ1n) is 12.4. The number of hydrogen-bond donors (Lipinski definition) is 7. The monoisotopic (exact) mass is 644 g/mol. The number of aliphatic hydroxyl groups is 3. The van der Waals surface area contributed by atoms with Gasteiger partial charge in [-0.15, -0.1) is 9.42 Å². The number of fused-ring (bicyclic) bond motifs is 2. The number of aliphatic hydroxyl groups excluding tert-OH is 3. The van der Waals surface area contributed by atoms with E-state index >= 15 is 0 Å². The molecule has 8 N–H and O–H groups in total. The molecule has 0 bridgehead atoms. The molecule has 23 heteroatoms. The fourth-order valence-electron chi connectivity index (χ4n) is 5.05. The largest absolute Gasteiger partial charge is 0.694 e. The Kier molecular flexibility index (Phi) is 7.82.